The summed E-state index contributed by atoms with van der Waals surface area (Å²) in [6.45, 7) is 0. The third-order valence-corrected chi connectivity index (χ3v) is 2.38. The fourth-order valence-corrected chi connectivity index (χ4v) is 1.69. The molecule has 0 amide bonds. The van der Waals surface area contributed by atoms with Crippen LogP contribution in [0, 0.1) is 0 Å². The van der Waals surface area contributed by atoms with Crippen LogP contribution in [-0.2, 0) is 0 Å². The van der Waals surface area contributed by atoms with Crippen LogP contribution in [0.25, 0.3) is 11.3 Å². The van der Waals surface area contributed by atoms with Crippen molar-refractivity contribution < 1.29 is 0 Å². The van der Waals surface area contributed by atoms with Crippen LogP contribution in [0.5, 0.6) is 0 Å². The monoisotopic (exact) mass is 186 g/mol. The Bertz CT molecular complexity index is 425. The summed E-state index contributed by atoms with van der Waals surface area (Å²) in [6, 6.07) is 7.60. The maximum absolute atomic E-state index is 5.65. The third kappa shape index (κ3) is 1.73. The SMILES string of the molecule is [B]c1cccc(-c2csc(N)n2)c1. The zero-order chi connectivity index (χ0) is 9.26. The van der Waals surface area contributed by atoms with Gasteiger partial charge in [-0.2, -0.15) is 0 Å². The summed E-state index contributed by atoms with van der Waals surface area (Å²) in [7, 11) is 5.65. The Hall–Kier alpha value is -1.29. The number of rotatable bonds is 1. The van der Waals surface area contributed by atoms with Gasteiger partial charge in [0, 0.05) is 10.9 Å². The van der Waals surface area contributed by atoms with Crippen molar-refractivity contribution in [1.29, 1.82) is 0 Å². The lowest BCUT2D eigenvalue weighted by atomic mass is 9.94. The summed E-state index contributed by atoms with van der Waals surface area (Å²) < 4.78 is 0. The van der Waals surface area contributed by atoms with E-state index in [0.29, 0.717) is 5.13 Å². The molecule has 2 N–H and O–H groups in total. The maximum atomic E-state index is 5.65. The van der Waals surface area contributed by atoms with Crippen LogP contribution in [0.4, 0.5) is 5.13 Å². The molecule has 62 valence electrons. The molecule has 0 unspecified atom stereocenters. The number of nitrogen functional groups attached to an aromatic ring is 1. The first kappa shape index (κ1) is 8.32. The van der Waals surface area contributed by atoms with E-state index < -0.39 is 0 Å². The molecule has 0 saturated carbocycles. The molecule has 0 aliphatic heterocycles. The second-order valence-corrected chi connectivity index (χ2v) is 3.59. The molecule has 4 heteroatoms. The number of hydrogen-bond donors (Lipinski definition) is 1. The molecule has 0 spiro atoms. The van der Waals surface area contributed by atoms with Crippen molar-refractivity contribution in [2.24, 2.45) is 0 Å². The fourth-order valence-electron chi connectivity index (χ4n) is 1.12. The number of aromatic nitrogens is 1. The van der Waals surface area contributed by atoms with Gasteiger partial charge in [0.1, 0.15) is 7.85 Å². The van der Waals surface area contributed by atoms with Gasteiger partial charge in [-0.15, -0.1) is 11.3 Å². The average molecular weight is 186 g/mol. The van der Waals surface area contributed by atoms with Gasteiger partial charge in [-0.3, -0.25) is 0 Å². The summed E-state index contributed by atoms with van der Waals surface area (Å²) in [5, 5.41) is 2.50. The Morgan fingerprint density at radius 1 is 1.38 bits per heavy atom. The minimum absolute atomic E-state index is 0.581. The summed E-state index contributed by atoms with van der Waals surface area (Å²) in [4.78, 5) is 4.16. The topological polar surface area (TPSA) is 38.9 Å². The highest BCUT2D eigenvalue weighted by atomic mass is 32.1. The van der Waals surface area contributed by atoms with Crippen LogP contribution in [0.3, 0.4) is 0 Å². The highest BCUT2D eigenvalue weighted by molar-refractivity contribution is 7.13. The first-order valence-corrected chi connectivity index (χ1v) is 4.70. The first-order valence-electron chi connectivity index (χ1n) is 3.82. The van der Waals surface area contributed by atoms with Crippen LogP contribution in [0.2, 0.25) is 0 Å². The lowest BCUT2D eigenvalue weighted by Crippen LogP contribution is -2.00. The quantitative estimate of drug-likeness (QED) is 0.679. The molecule has 0 aliphatic carbocycles. The van der Waals surface area contributed by atoms with E-state index in [0.717, 1.165) is 16.7 Å². The number of nitrogens with zero attached hydrogens (tertiary/aromatic N) is 1. The van der Waals surface area contributed by atoms with Crippen molar-refractivity contribution >= 4 is 29.8 Å². The molecule has 13 heavy (non-hydrogen) atoms. The molecule has 2 nitrogen and oxygen atoms in total. The van der Waals surface area contributed by atoms with Gasteiger partial charge in [-0.05, 0) is 0 Å². The lowest BCUT2D eigenvalue weighted by Gasteiger charge is -1.97. The minimum atomic E-state index is 0.581. The molecule has 1 heterocycles. The minimum Gasteiger partial charge on any atom is -0.375 e. The summed E-state index contributed by atoms with van der Waals surface area (Å²) in [5.74, 6) is 0. The Kier molecular flexibility index (Phi) is 2.06. The van der Waals surface area contributed by atoms with E-state index in [1.54, 1.807) is 0 Å². The molecule has 1 aromatic heterocycles. The molecule has 2 aromatic rings. The van der Waals surface area contributed by atoms with Crippen molar-refractivity contribution in [2.75, 3.05) is 5.73 Å². The number of anilines is 1. The third-order valence-electron chi connectivity index (χ3n) is 1.70. The summed E-state index contributed by atoms with van der Waals surface area (Å²) in [5.41, 5.74) is 8.16. The zero-order valence-corrected chi connectivity index (χ0v) is 7.71. The molecule has 1 aromatic carbocycles. The van der Waals surface area contributed by atoms with Crippen LogP contribution in [0.15, 0.2) is 29.6 Å². The van der Waals surface area contributed by atoms with E-state index in [9.17, 15) is 0 Å². The normalized spacial score (nSPS) is 10.2. The predicted octanol–water partition coefficient (Wildman–Crippen LogP) is 1.19. The Labute approximate surface area is 81.8 Å². The number of nitrogens with two attached hydrogens (primary N) is 1. The van der Waals surface area contributed by atoms with E-state index in [1.165, 1.54) is 11.3 Å². The fraction of sp³-hybridized carbons (Fsp3) is 0. The van der Waals surface area contributed by atoms with Crippen molar-refractivity contribution in [2.45, 2.75) is 0 Å². The average Bonchev–Trinajstić information content (AvgIpc) is 2.52. The Morgan fingerprint density at radius 2 is 2.23 bits per heavy atom. The molecule has 0 atom stereocenters. The molecule has 2 radical (unpaired) electrons. The highest BCUT2D eigenvalue weighted by Crippen LogP contribution is 2.21. The van der Waals surface area contributed by atoms with E-state index in [2.05, 4.69) is 4.98 Å². The Morgan fingerprint density at radius 3 is 2.85 bits per heavy atom. The maximum Gasteiger partial charge on any atom is 0.180 e. The van der Waals surface area contributed by atoms with Crippen LogP contribution < -0.4 is 11.2 Å². The highest BCUT2D eigenvalue weighted by Gasteiger charge is 2.01. The van der Waals surface area contributed by atoms with Crippen molar-refractivity contribution in [3.8, 4) is 11.3 Å². The molecule has 0 fully saturated rings. The second-order valence-electron chi connectivity index (χ2n) is 2.70. The molecule has 0 bridgehead atoms. The smallest absolute Gasteiger partial charge is 0.180 e. The number of benzene rings is 1. The van der Waals surface area contributed by atoms with Crippen LogP contribution in [-0.4, -0.2) is 12.8 Å². The first-order chi connectivity index (χ1) is 6.25. The zero-order valence-electron chi connectivity index (χ0n) is 6.90. The van der Waals surface area contributed by atoms with Gasteiger partial charge in [0.15, 0.2) is 5.13 Å². The van der Waals surface area contributed by atoms with E-state index in [1.807, 2.05) is 29.6 Å². The van der Waals surface area contributed by atoms with Crippen LogP contribution >= 0.6 is 11.3 Å². The Balaban J connectivity index is 2.46. The van der Waals surface area contributed by atoms with Gasteiger partial charge in [0.2, 0.25) is 0 Å². The molecule has 0 saturated heterocycles. The number of hydrogen-bond acceptors (Lipinski definition) is 3. The van der Waals surface area contributed by atoms with Crippen molar-refractivity contribution in [3.05, 3.63) is 29.6 Å². The molecule has 2 rings (SSSR count). The predicted molar refractivity (Wildman–Crippen MR) is 57.4 cm³/mol. The molecule has 0 aliphatic rings. The lowest BCUT2D eigenvalue weighted by molar-refractivity contribution is 1.41. The van der Waals surface area contributed by atoms with Gasteiger partial charge >= 0.3 is 0 Å². The van der Waals surface area contributed by atoms with Crippen molar-refractivity contribution in [1.82, 2.24) is 4.98 Å². The number of thiazole rings is 1. The molecular formula is C9H7BN2S. The van der Waals surface area contributed by atoms with E-state index in [4.69, 9.17) is 13.6 Å². The van der Waals surface area contributed by atoms with Gasteiger partial charge in [0.05, 0.1) is 5.69 Å². The van der Waals surface area contributed by atoms with E-state index >= 15 is 0 Å². The van der Waals surface area contributed by atoms with Gasteiger partial charge < -0.3 is 5.73 Å². The van der Waals surface area contributed by atoms with Gasteiger partial charge in [-0.25, -0.2) is 4.98 Å². The van der Waals surface area contributed by atoms with Gasteiger partial charge in [-0.1, -0.05) is 29.7 Å². The van der Waals surface area contributed by atoms with Crippen LogP contribution in [0.1, 0.15) is 0 Å². The molecular weight excluding hydrogens is 179 g/mol. The van der Waals surface area contributed by atoms with Gasteiger partial charge in [0.25, 0.3) is 0 Å². The standard InChI is InChI=1S/C9H7BN2S/c10-7-3-1-2-6(4-7)8-5-13-9(11)12-8/h1-5H,(H2,11,12). The van der Waals surface area contributed by atoms with Crippen molar-refractivity contribution in [3.63, 3.8) is 0 Å². The van der Waals surface area contributed by atoms with E-state index in [-0.39, 0.29) is 0 Å². The largest absolute Gasteiger partial charge is 0.375 e. The summed E-state index contributed by atoms with van der Waals surface area (Å²) >= 11 is 1.43. The second kappa shape index (κ2) is 3.22. The summed E-state index contributed by atoms with van der Waals surface area (Å²) in [6.07, 6.45) is 0.